The number of aromatic amines is 1. The van der Waals surface area contributed by atoms with Crippen molar-refractivity contribution in [3.05, 3.63) is 90.4 Å². The van der Waals surface area contributed by atoms with Crippen molar-refractivity contribution in [1.82, 2.24) is 25.1 Å². The lowest BCUT2D eigenvalue weighted by Crippen LogP contribution is -2.40. The molecule has 5 rings (SSSR count). The van der Waals surface area contributed by atoms with Gasteiger partial charge >= 0.3 is 0 Å². The standard InChI is InChI=1S/C23H21N5/c1-3-7-17(8-4-1)16-28-12-11-22(28)21-13-20(26-27-21)19-14-24-23(25-15-19)18-9-5-2-6-10-18/h1-10,13-15,22H,11-12,16H2,(H,26,27). The molecule has 1 unspecified atom stereocenters. The summed E-state index contributed by atoms with van der Waals surface area (Å²) in [7, 11) is 0. The van der Waals surface area contributed by atoms with Crippen LogP contribution in [0.5, 0.6) is 0 Å². The van der Waals surface area contributed by atoms with Crippen LogP contribution < -0.4 is 0 Å². The number of hydrogen-bond donors (Lipinski definition) is 1. The van der Waals surface area contributed by atoms with Crippen molar-refractivity contribution in [2.24, 2.45) is 0 Å². The van der Waals surface area contributed by atoms with Gasteiger partial charge < -0.3 is 0 Å². The van der Waals surface area contributed by atoms with E-state index < -0.39 is 0 Å². The topological polar surface area (TPSA) is 57.7 Å². The molecule has 2 aromatic heterocycles. The molecule has 1 aliphatic rings. The van der Waals surface area contributed by atoms with Crippen molar-refractivity contribution in [3.8, 4) is 22.6 Å². The summed E-state index contributed by atoms with van der Waals surface area (Å²) in [4.78, 5) is 11.5. The maximum absolute atomic E-state index is 4.51. The molecule has 1 saturated heterocycles. The van der Waals surface area contributed by atoms with Crippen LogP contribution in [0.3, 0.4) is 0 Å². The van der Waals surface area contributed by atoms with E-state index in [2.05, 4.69) is 61.5 Å². The van der Waals surface area contributed by atoms with Gasteiger partial charge in [0, 0.05) is 36.6 Å². The molecule has 4 aromatic rings. The van der Waals surface area contributed by atoms with Crippen molar-refractivity contribution in [2.75, 3.05) is 6.54 Å². The van der Waals surface area contributed by atoms with E-state index >= 15 is 0 Å². The second-order valence-electron chi connectivity index (χ2n) is 7.13. The SMILES string of the molecule is c1ccc(CN2CCC2c2cc(-c3cnc(-c4ccccc4)nc3)n[nH]2)cc1. The van der Waals surface area contributed by atoms with E-state index in [0.29, 0.717) is 6.04 Å². The predicted molar refractivity (Wildman–Crippen MR) is 109 cm³/mol. The second kappa shape index (κ2) is 7.37. The van der Waals surface area contributed by atoms with Gasteiger partial charge in [-0.05, 0) is 18.1 Å². The van der Waals surface area contributed by atoms with E-state index in [1.54, 1.807) is 0 Å². The largest absolute Gasteiger partial charge is 0.290 e. The minimum absolute atomic E-state index is 0.394. The molecule has 0 aliphatic carbocycles. The smallest absolute Gasteiger partial charge is 0.159 e. The molecule has 0 amide bonds. The van der Waals surface area contributed by atoms with Gasteiger partial charge in [-0.3, -0.25) is 10.00 Å². The predicted octanol–water partition coefficient (Wildman–Crippen LogP) is 4.48. The number of rotatable bonds is 5. The molecule has 2 aromatic carbocycles. The van der Waals surface area contributed by atoms with Crippen molar-refractivity contribution in [1.29, 1.82) is 0 Å². The number of H-pyrrole nitrogens is 1. The van der Waals surface area contributed by atoms with Crippen LogP contribution in [0.1, 0.15) is 23.7 Å². The molecule has 1 atom stereocenters. The highest BCUT2D eigenvalue weighted by molar-refractivity contribution is 5.60. The number of benzene rings is 2. The Balaban J connectivity index is 1.31. The van der Waals surface area contributed by atoms with Crippen molar-refractivity contribution >= 4 is 0 Å². The van der Waals surface area contributed by atoms with Crippen LogP contribution >= 0.6 is 0 Å². The van der Waals surface area contributed by atoms with Crippen molar-refractivity contribution in [2.45, 2.75) is 19.0 Å². The average molecular weight is 367 g/mol. The third kappa shape index (κ3) is 3.32. The van der Waals surface area contributed by atoms with Gasteiger partial charge in [0.2, 0.25) is 0 Å². The minimum atomic E-state index is 0.394. The fraction of sp³-hybridized carbons (Fsp3) is 0.174. The van der Waals surface area contributed by atoms with E-state index in [0.717, 1.165) is 47.8 Å². The van der Waals surface area contributed by atoms with Gasteiger partial charge in [-0.1, -0.05) is 60.7 Å². The monoisotopic (exact) mass is 367 g/mol. The maximum Gasteiger partial charge on any atom is 0.159 e. The van der Waals surface area contributed by atoms with Crippen LogP contribution in [0.25, 0.3) is 22.6 Å². The highest BCUT2D eigenvalue weighted by atomic mass is 15.2. The molecule has 28 heavy (non-hydrogen) atoms. The summed E-state index contributed by atoms with van der Waals surface area (Å²) in [6.07, 6.45) is 4.84. The Morgan fingerprint density at radius 2 is 1.61 bits per heavy atom. The number of likely N-dealkylation sites (tertiary alicyclic amines) is 1. The van der Waals surface area contributed by atoms with Gasteiger partial charge in [0.05, 0.1) is 17.4 Å². The van der Waals surface area contributed by atoms with Gasteiger partial charge in [0.15, 0.2) is 5.82 Å². The average Bonchev–Trinajstić information content (AvgIpc) is 3.22. The van der Waals surface area contributed by atoms with Gasteiger partial charge in [-0.2, -0.15) is 5.10 Å². The molecule has 0 spiro atoms. The second-order valence-corrected chi connectivity index (χ2v) is 7.13. The third-order valence-electron chi connectivity index (χ3n) is 5.30. The van der Waals surface area contributed by atoms with Crippen LogP contribution in [0.15, 0.2) is 79.1 Å². The normalized spacial score (nSPS) is 16.6. The zero-order valence-corrected chi connectivity index (χ0v) is 15.5. The number of hydrogen-bond acceptors (Lipinski definition) is 4. The van der Waals surface area contributed by atoms with Crippen LogP contribution in [0, 0.1) is 0 Å². The van der Waals surface area contributed by atoms with Gasteiger partial charge in [0.1, 0.15) is 0 Å². The summed E-state index contributed by atoms with van der Waals surface area (Å²) in [5.74, 6) is 0.730. The molecular formula is C23H21N5. The molecule has 1 fully saturated rings. The number of nitrogens with zero attached hydrogens (tertiary/aromatic N) is 4. The van der Waals surface area contributed by atoms with Gasteiger partial charge in [-0.15, -0.1) is 0 Å². The third-order valence-corrected chi connectivity index (χ3v) is 5.30. The van der Waals surface area contributed by atoms with Gasteiger partial charge in [0.25, 0.3) is 0 Å². The Morgan fingerprint density at radius 3 is 2.29 bits per heavy atom. The summed E-state index contributed by atoms with van der Waals surface area (Å²) in [6.45, 7) is 2.08. The molecular weight excluding hydrogens is 346 g/mol. The Hall–Kier alpha value is -3.31. The lowest BCUT2D eigenvalue weighted by Gasteiger charge is -2.40. The lowest BCUT2D eigenvalue weighted by molar-refractivity contribution is 0.0787. The van der Waals surface area contributed by atoms with Crippen molar-refractivity contribution < 1.29 is 0 Å². The van der Waals surface area contributed by atoms with E-state index in [-0.39, 0.29) is 0 Å². The Bertz CT molecular complexity index is 1040. The van der Waals surface area contributed by atoms with Gasteiger partial charge in [-0.25, -0.2) is 9.97 Å². The summed E-state index contributed by atoms with van der Waals surface area (Å²) < 4.78 is 0. The molecule has 0 bridgehead atoms. The lowest BCUT2D eigenvalue weighted by atomic mass is 9.98. The maximum atomic E-state index is 4.51. The highest BCUT2D eigenvalue weighted by Crippen LogP contribution is 2.34. The van der Waals surface area contributed by atoms with E-state index in [1.165, 1.54) is 5.56 Å². The molecule has 1 aliphatic heterocycles. The molecule has 0 saturated carbocycles. The van der Waals surface area contributed by atoms with E-state index in [9.17, 15) is 0 Å². The fourth-order valence-corrected chi connectivity index (χ4v) is 3.65. The van der Waals surface area contributed by atoms with Crippen LogP contribution in [-0.2, 0) is 6.54 Å². The first-order valence-electron chi connectivity index (χ1n) is 9.58. The first-order valence-corrected chi connectivity index (χ1v) is 9.58. The molecule has 5 nitrogen and oxygen atoms in total. The Kier molecular flexibility index (Phi) is 4.43. The molecule has 1 N–H and O–H groups in total. The van der Waals surface area contributed by atoms with Crippen molar-refractivity contribution in [3.63, 3.8) is 0 Å². The van der Waals surface area contributed by atoms with E-state index in [4.69, 9.17) is 0 Å². The highest BCUT2D eigenvalue weighted by Gasteiger charge is 2.30. The van der Waals surface area contributed by atoms with Crippen LogP contribution in [0.4, 0.5) is 0 Å². The first-order chi connectivity index (χ1) is 13.9. The summed E-state index contributed by atoms with van der Waals surface area (Å²) in [5.41, 5.74) is 5.33. The Labute approximate surface area is 164 Å². The molecule has 5 heteroatoms. The molecule has 0 radical (unpaired) electrons. The molecule has 3 heterocycles. The molecule has 138 valence electrons. The van der Waals surface area contributed by atoms with Crippen LogP contribution in [-0.4, -0.2) is 31.6 Å². The fourth-order valence-electron chi connectivity index (χ4n) is 3.65. The number of aromatic nitrogens is 4. The first kappa shape index (κ1) is 16.8. The quantitative estimate of drug-likeness (QED) is 0.565. The Morgan fingerprint density at radius 1 is 0.893 bits per heavy atom. The summed E-state index contributed by atoms with van der Waals surface area (Å²) in [5, 5.41) is 7.72. The zero-order valence-electron chi connectivity index (χ0n) is 15.5. The minimum Gasteiger partial charge on any atom is -0.290 e. The summed E-state index contributed by atoms with van der Waals surface area (Å²) >= 11 is 0. The number of nitrogens with one attached hydrogen (secondary N) is 1. The summed E-state index contributed by atoms with van der Waals surface area (Å²) in [6, 6.07) is 23.1. The van der Waals surface area contributed by atoms with E-state index in [1.807, 2.05) is 42.7 Å². The van der Waals surface area contributed by atoms with Crippen LogP contribution in [0.2, 0.25) is 0 Å². The zero-order chi connectivity index (χ0) is 18.8.